The molecule has 10 aromatic rings. The molecule has 0 spiro atoms. The first-order valence-corrected chi connectivity index (χ1v) is 18.0. The van der Waals surface area contributed by atoms with Crippen molar-refractivity contribution in [3.8, 4) is 39.2 Å². The van der Waals surface area contributed by atoms with Crippen LogP contribution in [0.3, 0.4) is 0 Å². The van der Waals surface area contributed by atoms with Crippen molar-refractivity contribution in [2.24, 2.45) is 0 Å². The van der Waals surface area contributed by atoms with Gasteiger partial charge < -0.3 is 13.9 Å². The molecule has 250 valence electrons. The fraction of sp³-hybridized carbons (Fsp3) is 0. The molecule has 3 heterocycles. The minimum Gasteiger partial charge on any atom is -0.311 e. The molecule has 0 saturated heterocycles. The molecule has 0 amide bonds. The molecular formula is C49H34N4. The van der Waals surface area contributed by atoms with Gasteiger partial charge in [0, 0.05) is 51.5 Å². The van der Waals surface area contributed by atoms with Gasteiger partial charge in [-0.25, -0.2) is 4.98 Å². The summed E-state index contributed by atoms with van der Waals surface area (Å²) in [5, 5.41) is 2.47. The van der Waals surface area contributed by atoms with Gasteiger partial charge in [0.05, 0.1) is 16.7 Å². The van der Waals surface area contributed by atoms with Crippen LogP contribution < -0.4 is 4.90 Å². The molecule has 0 fully saturated rings. The van der Waals surface area contributed by atoms with Crippen molar-refractivity contribution in [3.63, 3.8) is 0 Å². The van der Waals surface area contributed by atoms with Crippen LogP contribution in [0.15, 0.2) is 207 Å². The highest BCUT2D eigenvalue weighted by atomic mass is 15.1. The highest BCUT2D eigenvalue weighted by Gasteiger charge is 2.17. The second-order valence-electron chi connectivity index (χ2n) is 13.4. The molecule has 10 rings (SSSR count). The van der Waals surface area contributed by atoms with Crippen molar-refractivity contribution in [2.75, 3.05) is 4.90 Å². The van der Waals surface area contributed by atoms with Gasteiger partial charge in [-0.1, -0.05) is 109 Å². The summed E-state index contributed by atoms with van der Waals surface area (Å²) in [7, 11) is 0. The van der Waals surface area contributed by atoms with Crippen LogP contribution in [0.1, 0.15) is 0 Å². The second kappa shape index (κ2) is 12.9. The van der Waals surface area contributed by atoms with Gasteiger partial charge in [-0.3, -0.25) is 0 Å². The van der Waals surface area contributed by atoms with Gasteiger partial charge >= 0.3 is 0 Å². The minimum absolute atomic E-state index is 0.939. The predicted molar refractivity (Wildman–Crippen MR) is 221 cm³/mol. The van der Waals surface area contributed by atoms with Crippen LogP contribution in [0.2, 0.25) is 0 Å². The molecule has 0 N–H and O–H groups in total. The average Bonchev–Trinajstić information content (AvgIpc) is 3.82. The van der Waals surface area contributed by atoms with Gasteiger partial charge in [0.15, 0.2) is 0 Å². The number of rotatable bonds is 7. The number of nitrogens with zero attached hydrogens (tertiary/aromatic N) is 4. The van der Waals surface area contributed by atoms with E-state index in [9.17, 15) is 0 Å². The first-order valence-electron chi connectivity index (χ1n) is 18.0. The monoisotopic (exact) mass is 678 g/mol. The first kappa shape index (κ1) is 30.6. The van der Waals surface area contributed by atoms with E-state index in [0.717, 1.165) is 39.7 Å². The molecular weight excluding hydrogens is 645 g/mol. The van der Waals surface area contributed by atoms with Gasteiger partial charge in [-0.2, -0.15) is 0 Å². The van der Waals surface area contributed by atoms with E-state index >= 15 is 0 Å². The van der Waals surface area contributed by atoms with Gasteiger partial charge in [-0.15, -0.1) is 0 Å². The Kier molecular flexibility index (Phi) is 7.43. The Morgan fingerprint density at radius 2 is 0.887 bits per heavy atom. The molecule has 0 atom stereocenters. The maximum Gasteiger partial charge on any atom is 0.137 e. The Bertz CT molecular complexity index is 2720. The van der Waals surface area contributed by atoms with E-state index in [-0.39, 0.29) is 0 Å². The number of benzene rings is 7. The summed E-state index contributed by atoms with van der Waals surface area (Å²) >= 11 is 0. The summed E-state index contributed by atoms with van der Waals surface area (Å²) in [5.74, 6) is 0. The lowest BCUT2D eigenvalue weighted by atomic mass is 10.0. The molecule has 4 heteroatoms. The maximum atomic E-state index is 4.84. The number of para-hydroxylation sites is 1. The van der Waals surface area contributed by atoms with Crippen LogP contribution in [0.4, 0.5) is 17.1 Å². The van der Waals surface area contributed by atoms with Crippen molar-refractivity contribution >= 4 is 44.5 Å². The lowest BCUT2D eigenvalue weighted by Crippen LogP contribution is -2.10. The Hall–Kier alpha value is -7.17. The van der Waals surface area contributed by atoms with Crippen LogP contribution >= 0.6 is 0 Å². The fourth-order valence-corrected chi connectivity index (χ4v) is 7.55. The SMILES string of the molecule is c1ccc(-c2ccc3c(c2)c2cc(-c4ccccc4)ccc2n3-c2ccc(N(c3ccccc3)c3ccc(-c4cn5ccccc5n4)cc3)cc2)cc1. The fourth-order valence-electron chi connectivity index (χ4n) is 7.55. The van der Waals surface area contributed by atoms with Crippen LogP contribution in [0.25, 0.3) is 66.7 Å². The number of aromatic nitrogens is 3. The maximum absolute atomic E-state index is 4.84. The topological polar surface area (TPSA) is 25.5 Å². The Morgan fingerprint density at radius 1 is 0.396 bits per heavy atom. The Labute approximate surface area is 308 Å². The molecule has 0 aliphatic rings. The molecule has 53 heavy (non-hydrogen) atoms. The third-order valence-electron chi connectivity index (χ3n) is 10.1. The van der Waals surface area contributed by atoms with E-state index < -0.39 is 0 Å². The standard InChI is InChI=1S/C49H34N4/c1-4-12-35(13-5-1)38-21-29-47-44(32-38)45-33-39(36-14-6-2-7-15-36)22-30-48(45)53(47)43-27-25-42(26-28-43)52(40-16-8-3-9-17-40)41-23-19-37(20-24-41)46-34-51-31-11-10-18-49(51)50-46/h1-34H. The molecule has 7 aromatic carbocycles. The van der Waals surface area contributed by atoms with E-state index in [1.807, 2.05) is 24.4 Å². The molecule has 0 bridgehead atoms. The zero-order valence-electron chi connectivity index (χ0n) is 28.9. The van der Waals surface area contributed by atoms with Crippen LogP contribution in [-0.4, -0.2) is 14.0 Å². The first-order chi connectivity index (χ1) is 26.3. The third kappa shape index (κ3) is 5.54. The smallest absolute Gasteiger partial charge is 0.137 e. The number of fused-ring (bicyclic) bond motifs is 4. The normalized spacial score (nSPS) is 11.4. The summed E-state index contributed by atoms with van der Waals surface area (Å²) < 4.78 is 4.46. The van der Waals surface area contributed by atoms with Crippen molar-refractivity contribution in [3.05, 3.63) is 207 Å². The summed E-state index contributed by atoms with van der Waals surface area (Å²) in [6.07, 6.45) is 4.11. The molecule has 0 unspecified atom stereocenters. The highest BCUT2D eigenvalue weighted by molar-refractivity contribution is 6.11. The van der Waals surface area contributed by atoms with E-state index in [0.29, 0.717) is 0 Å². The van der Waals surface area contributed by atoms with Crippen LogP contribution in [0.5, 0.6) is 0 Å². The zero-order chi connectivity index (χ0) is 35.1. The highest BCUT2D eigenvalue weighted by Crippen LogP contribution is 2.39. The van der Waals surface area contributed by atoms with Gasteiger partial charge in [0.2, 0.25) is 0 Å². The molecule has 0 aliphatic carbocycles. The zero-order valence-corrected chi connectivity index (χ0v) is 28.9. The number of hydrogen-bond donors (Lipinski definition) is 0. The van der Waals surface area contributed by atoms with Crippen molar-refractivity contribution < 1.29 is 0 Å². The lowest BCUT2D eigenvalue weighted by Gasteiger charge is -2.26. The minimum atomic E-state index is 0.939. The van der Waals surface area contributed by atoms with Crippen molar-refractivity contribution in [1.29, 1.82) is 0 Å². The lowest BCUT2D eigenvalue weighted by molar-refractivity contribution is 1.17. The van der Waals surface area contributed by atoms with Gasteiger partial charge in [-0.05, 0) is 107 Å². The van der Waals surface area contributed by atoms with Crippen molar-refractivity contribution in [1.82, 2.24) is 14.0 Å². The van der Waals surface area contributed by atoms with Crippen molar-refractivity contribution in [2.45, 2.75) is 0 Å². The number of anilines is 3. The van der Waals surface area contributed by atoms with Crippen LogP contribution in [-0.2, 0) is 0 Å². The molecule has 0 aliphatic heterocycles. The van der Waals surface area contributed by atoms with Gasteiger partial charge in [0.25, 0.3) is 0 Å². The number of imidazole rings is 1. The Balaban J connectivity index is 1.07. The molecule has 0 saturated carbocycles. The third-order valence-corrected chi connectivity index (χ3v) is 10.1. The molecule has 3 aromatic heterocycles. The average molecular weight is 679 g/mol. The summed E-state index contributed by atoms with van der Waals surface area (Å²) in [6.45, 7) is 0. The second-order valence-corrected chi connectivity index (χ2v) is 13.4. The number of hydrogen-bond acceptors (Lipinski definition) is 2. The van der Waals surface area contributed by atoms with E-state index in [1.54, 1.807) is 0 Å². The largest absolute Gasteiger partial charge is 0.311 e. The molecule has 0 radical (unpaired) electrons. The predicted octanol–water partition coefficient (Wildman–Crippen LogP) is 12.9. The number of pyridine rings is 1. The van der Waals surface area contributed by atoms with E-state index in [1.165, 1.54) is 44.1 Å². The van der Waals surface area contributed by atoms with E-state index in [2.05, 4.69) is 196 Å². The summed E-state index contributed by atoms with van der Waals surface area (Å²) in [5.41, 5.74) is 14.6. The van der Waals surface area contributed by atoms with E-state index in [4.69, 9.17) is 4.98 Å². The summed E-state index contributed by atoms with van der Waals surface area (Å²) in [6, 6.07) is 69.3. The van der Waals surface area contributed by atoms with Crippen LogP contribution in [0, 0.1) is 0 Å². The van der Waals surface area contributed by atoms with Gasteiger partial charge in [0.1, 0.15) is 5.65 Å². The summed E-state index contributed by atoms with van der Waals surface area (Å²) in [4.78, 5) is 7.15. The quantitative estimate of drug-likeness (QED) is 0.168. The Morgan fingerprint density at radius 3 is 1.45 bits per heavy atom. The molecule has 4 nitrogen and oxygen atoms in total.